The molecule has 5 nitrogen and oxygen atoms in total. The van der Waals surface area contributed by atoms with Gasteiger partial charge in [-0.15, -0.1) is 0 Å². The largest absolute Gasteiger partial charge is 0.341 e. The summed E-state index contributed by atoms with van der Waals surface area (Å²) in [4.78, 5) is 25.7. The van der Waals surface area contributed by atoms with E-state index in [1.165, 1.54) is 11.1 Å². The molecule has 2 aliphatic rings. The molecule has 2 aromatic rings. The standard InChI is InChI=1S/C19H22N4O/c24-18(23-13-6-15-4-1-2-5-17(15)14-23)16-7-11-22(12-8-16)19-20-9-3-10-21-19/h1-5,9-10,16H,6-8,11-14H2. The summed E-state index contributed by atoms with van der Waals surface area (Å²) in [6, 6.07) is 10.3. The topological polar surface area (TPSA) is 49.3 Å². The molecule has 0 N–H and O–H groups in total. The van der Waals surface area contributed by atoms with Gasteiger partial charge in [0.2, 0.25) is 11.9 Å². The molecule has 1 fully saturated rings. The molecule has 3 heterocycles. The first-order valence-electron chi connectivity index (χ1n) is 8.69. The van der Waals surface area contributed by atoms with Crippen LogP contribution in [0.1, 0.15) is 24.0 Å². The maximum Gasteiger partial charge on any atom is 0.226 e. The van der Waals surface area contributed by atoms with Crippen LogP contribution in [0.3, 0.4) is 0 Å². The van der Waals surface area contributed by atoms with E-state index in [2.05, 4.69) is 39.1 Å². The molecule has 1 aromatic carbocycles. The Balaban J connectivity index is 1.37. The molecule has 0 aliphatic carbocycles. The lowest BCUT2D eigenvalue weighted by Crippen LogP contribution is -2.44. The first-order chi connectivity index (χ1) is 11.8. The van der Waals surface area contributed by atoms with Gasteiger partial charge in [0.05, 0.1) is 0 Å². The van der Waals surface area contributed by atoms with Gasteiger partial charge in [0, 0.05) is 44.5 Å². The fraction of sp³-hybridized carbons (Fsp3) is 0.421. The molecule has 0 spiro atoms. The summed E-state index contributed by atoms with van der Waals surface area (Å²) in [5, 5.41) is 0. The van der Waals surface area contributed by atoms with Gasteiger partial charge in [0.15, 0.2) is 0 Å². The number of carbonyl (C=O) groups excluding carboxylic acids is 1. The maximum atomic E-state index is 12.9. The number of hydrogen-bond acceptors (Lipinski definition) is 4. The second kappa shape index (κ2) is 6.59. The van der Waals surface area contributed by atoms with E-state index in [0.717, 1.165) is 51.4 Å². The second-order valence-electron chi connectivity index (χ2n) is 6.59. The van der Waals surface area contributed by atoms with Gasteiger partial charge in [0.25, 0.3) is 0 Å². The molecule has 1 aromatic heterocycles. The van der Waals surface area contributed by atoms with Crippen molar-refractivity contribution in [2.75, 3.05) is 24.5 Å². The minimum Gasteiger partial charge on any atom is -0.341 e. The average molecular weight is 322 g/mol. The van der Waals surface area contributed by atoms with Crippen molar-refractivity contribution in [1.29, 1.82) is 0 Å². The van der Waals surface area contributed by atoms with Crippen molar-refractivity contribution in [2.45, 2.75) is 25.8 Å². The summed E-state index contributed by atoms with van der Waals surface area (Å²) >= 11 is 0. The van der Waals surface area contributed by atoms with Crippen molar-refractivity contribution < 1.29 is 4.79 Å². The number of rotatable bonds is 2. The van der Waals surface area contributed by atoms with Crippen LogP contribution in [-0.2, 0) is 17.8 Å². The summed E-state index contributed by atoms with van der Waals surface area (Å²) in [5.74, 6) is 1.23. The summed E-state index contributed by atoms with van der Waals surface area (Å²) in [6.45, 7) is 3.31. The monoisotopic (exact) mass is 322 g/mol. The first-order valence-corrected chi connectivity index (χ1v) is 8.69. The van der Waals surface area contributed by atoms with Gasteiger partial charge < -0.3 is 9.80 Å². The fourth-order valence-electron chi connectivity index (χ4n) is 3.72. The lowest BCUT2D eigenvalue weighted by atomic mass is 9.93. The zero-order valence-corrected chi connectivity index (χ0v) is 13.8. The predicted octanol–water partition coefficient (Wildman–Crippen LogP) is 2.28. The number of piperidine rings is 1. The number of amides is 1. The van der Waals surface area contributed by atoms with Crippen LogP contribution in [0.5, 0.6) is 0 Å². The third kappa shape index (κ3) is 2.98. The highest BCUT2D eigenvalue weighted by Crippen LogP contribution is 2.25. The molecular formula is C19H22N4O. The van der Waals surface area contributed by atoms with Gasteiger partial charge in [-0.3, -0.25) is 4.79 Å². The van der Waals surface area contributed by atoms with Crippen LogP contribution in [0.15, 0.2) is 42.7 Å². The SMILES string of the molecule is O=C(C1CCN(c2ncccn2)CC1)N1CCc2ccccc2C1. The Morgan fingerprint density at radius 3 is 2.42 bits per heavy atom. The highest BCUT2D eigenvalue weighted by molar-refractivity contribution is 5.79. The molecular weight excluding hydrogens is 300 g/mol. The van der Waals surface area contributed by atoms with Crippen LogP contribution in [0.25, 0.3) is 0 Å². The molecule has 2 aliphatic heterocycles. The summed E-state index contributed by atoms with van der Waals surface area (Å²) in [5.41, 5.74) is 2.69. The van der Waals surface area contributed by atoms with Crippen LogP contribution in [0.2, 0.25) is 0 Å². The minimum absolute atomic E-state index is 0.134. The molecule has 0 unspecified atom stereocenters. The van der Waals surface area contributed by atoms with Crippen molar-refractivity contribution in [3.63, 3.8) is 0 Å². The Bertz CT molecular complexity index is 710. The minimum atomic E-state index is 0.134. The lowest BCUT2D eigenvalue weighted by Gasteiger charge is -2.36. The van der Waals surface area contributed by atoms with Crippen LogP contribution in [0, 0.1) is 5.92 Å². The van der Waals surface area contributed by atoms with Gasteiger partial charge >= 0.3 is 0 Å². The highest BCUT2D eigenvalue weighted by Gasteiger charge is 2.30. The quantitative estimate of drug-likeness (QED) is 0.851. The Labute approximate surface area is 142 Å². The van der Waals surface area contributed by atoms with E-state index in [9.17, 15) is 4.79 Å². The zero-order chi connectivity index (χ0) is 16.4. The van der Waals surface area contributed by atoms with Crippen molar-refractivity contribution in [1.82, 2.24) is 14.9 Å². The molecule has 0 bridgehead atoms. The molecule has 0 radical (unpaired) electrons. The Hall–Kier alpha value is -2.43. The number of hydrogen-bond donors (Lipinski definition) is 0. The van der Waals surface area contributed by atoms with Crippen molar-refractivity contribution in [3.8, 4) is 0 Å². The third-order valence-corrected chi connectivity index (χ3v) is 5.12. The fourth-order valence-corrected chi connectivity index (χ4v) is 3.72. The Morgan fingerprint density at radius 1 is 0.958 bits per heavy atom. The van der Waals surface area contributed by atoms with Gasteiger partial charge in [-0.2, -0.15) is 0 Å². The number of aromatic nitrogens is 2. The normalized spacial score (nSPS) is 18.3. The van der Waals surface area contributed by atoms with E-state index in [0.29, 0.717) is 5.91 Å². The van der Waals surface area contributed by atoms with E-state index >= 15 is 0 Å². The van der Waals surface area contributed by atoms with Crippen LogP contribution >= 0.6 is 0 Å². The Morgan fingerprint density at radius 2 is 1.67 bits per heavy atom. The van der Waals surface area contributed by atoms with Crippen molar-refractivity contribution >= 4 is 11.9 Å². The molecule has 1 saturated heterocycles. The molecule has 5 heteroatoms. The van der Waals surface area contributed by atoms with Gasteiger partial charge in [0.1, 0.15) is 0 Å². The summed E-state index contributed by atoms with van der Waals surface area (Å²) in [7, 11) is 0. The lowest BCUT2D eigenvalue weighted by molar-refractivity contribution is -0.137. The number of anilines is 1. The Kier molecular flexibility index (Phi) is 4.15. The maximum absolute atomic E-state index is 12.9. The van der Waals surface area contributed by atoms with Crippen LogP contribution in [-0.4, -0.2) is 40.4 Å². The van der Waals surface area contributed by atoms with Gasteiger partial charge in [-0.05, 0) is 36.5 Å². The molecule has 124 valence electrons. The van der Waals surface area contributed by atoms with Crippen LogP contribution in [0.4, 0.5) is 5.95 Å². The summed E-state index contributed by atoms with van der Waals surface area (Å²) in [6.07, 6.45) is 6.28. The van der Waals surface area contributed by atoms with Crippen molar-refractivity contribution in [2.24, 2.45) is 5.92 Å². The zero-order valence-electron chi connectivity index (χ0n) is 13.8. The summed E-state index contributed by atoms with van der Waals surface area (Å²) < 4.78 is 0. The van der Waals surface area contributed by atoms with Crippen LogP contribution < -0.4 is 4.90 Å². The van der Waals surface area contributed by atoms with E-state index in [1.54, 1.807) is 12.4 Å². The first kappa shape index (κ1) is 15.1. The van der Waals surface area contributed by atoms with E-state index in [-0.39, 0.29) is 5.92 Å². The average Bonchev–Trinajstić information content (AvgIpc) is 2.68. The van der Waals surface area contributed by atoms with Crippen molar-refractivity contribution in [3.05, 3.63) is 53.9 Å². The molecule has 24 heavy (non-hydrogen) atoms. The molecule has 1 amide bonds. The van der Waals surface area contributed by atoms with E-state index < -0.39 is 0 Å². The number of carbonyl (C=O) groups is 1. The molecule has 0 atom stereocenters. The van der Waals surface area contributed by atoms with Gasteiger partial charge in [-0.1, -0.05) is 24.3 Å². The van der Waals surface area contributed by atoms with E-state index in [1.807, 2.05) is 11.0 Å². The van der Waals surface area contributed by atoms with E-state index in [4.69, 9.17) is 0 Å². The van der Waals surface area contributed by atoms with Gasteiger partial charge in [-0.25, -0.2) is 9.97 Å². The third-order valence-electron chi connectivity index (χ3n) is 5.12. The second-order valence-corrected chi connectivity index (χ2v) is 6.59. The highest BCUT2D eigenvalue weighted by atomic mass is 16.2. The number of benzene rings is 1. The predicted molar refractivity (Wildman–Crippen MR) is 92.5 cm³/mol. The molecule has 4 rings (SSSR count). The smallest absolute Gasteiger partial charge is 0.226 e. The number of nitrogens with zero attached hydrogens (tertiary/aromatic N) is 4. The number of fused-ring (bicyclic) bond motifs is 1. The molecule has 0 saturated carbocycles.